The monoisotopic (exact) mass is 346 g/mol. The quantitative estimate of drug-likeness (QED) is 0.833. The molecule has 132 valence electrons. The van der Waals surface area contributed by atoms with E-state index in [1.54, 1.807) is 0 Å². The average Bonchev–Trinajstić information content (AvgIpc) is 2.89. The maximum atomic E-state index is 6.00. The van der Waals surface area contributed by atoms with Crippen molar-refractivity contribution in [3.8, 4) is 5.75 Å². The first-order chi connectivity index (χ1) is 11.6. The van der Waals surface area contributed by atoms with Gasteiger partial charge in [0.1, 0.15) is 11.4 Å². The molecule has 3 aliphatic heterocycles. The molecule has 3 aliphatic rings. The van der Waals surface area contributed by atoms with Crippen LogP contribution in [0.25, 0.3) is 0 Å². The Hall–Kier alpha value is -0.710. The van der Waals surface area contributed by atoms with E-state index in [1.165, 1.54) is 61.7 Å². The summed E-state index contributed by atoms with van der Waals surface area (Å²) < 4.78 is 6.00. The first-order valence-electron chi connectivity index (χ1n) is 9.44. The van der Waals surface area contributed by atoms with Gasteiger partial charge in [0.05, 0.1) is 0 Å². The van der Waals surface area contributed by atoms with E-state index in [9.17, 15) is 0 Å². The highest BCUT2D eigenvalue weighted by Gasteiger charge is 2.30. The highest BCUT2D eigenvalue weighted by atomic mass is 32.2. The second-order valence-electron chi connectivity index (χ2n) is 8.14. The van der Waals surface area contributed by atoms with Gasteiger partial charge in [-0.2, -0.15) is 11.8 Å². The Morgan fingerprint density at radius 1 is 1.12 bits per heavy atom. The van der Waals surface area contributed by atoms with Gasteiger partial charge in [-0.15, -0.1) is 0 Å². The second-order valence-corrected chi connectivity index (χ2v) is 9.36. The van der Waals surface area contributed by atoms with Crippen molar-refractivity contribution in [3.05, 3.63) is 29.3 Å². The van der Waals surface area contributed by atoms with Crippen molar-refractivity contribution >= 4 is 11.8 Å². The molecule has 0 bridgehead atoms. The molecule has 0 N–H and O–H groups in total. The summed E-state index contributed by atoms with van der Waals surface area (Å²) in [6.07, 6.45) is 3.82. The highest BCUT2D eigenvalue weighted by Crippen LogP contribution is 2.35. The van der Waals surface area contributed by atoms with Gasteiger partial charge in [-0.05, 0) is 55.4 Å². The van der Waals surface area contributed by atoms with Crippen LogP contribution in [0.4, 0.5) is 0 Å². The van der Waals surface area contributed by atoms with Crippen molar-refractivity contribution in [2.75, 3.05) is 37.7 Å². The van der Waals surface area contributed by atoms with E-state index in [4.69, 9.17) is 4.74 Å². The van der Waals surface area contributed by atoms with E-state index in [1.807, 2.05) is 0 Å². The van der Waals surface area contributed by atoms with Gasteiger partial charge in [-0.3, -0.25) is 9.80 Å². The van der Waals surface area contributed by atoms with Crippen LogP contribution >= 0.6 is 11.8 Å². The lowest BCUT2D eigenvalue weighted by atomic mass is 10.00. The summed E-state index contributed by atoms with van der Waals surface area (Å²) in [4.78, 5) is 5.37. The number of benzene rings is 1. The van der Waals surface area contributed by atoms with Crippen LogP contribution in [0.2, 0.25) is 0 Å². The molecule has 0 spiro atoms. The molecule has 0 saturated carbocycles. The lowest BCUT2D eigenvalue weighted by Gasteiger charge is -2.40. The average molecular weight is 347 g/mol. The van der Waals surface area contributed by atoms with E-state index < -0.39 is 0 Å². The first kappa shape index (κ1) is 16.7. The normalized spacial score (nSPS) is 25.4. The largest absolute Gasteiger partial charge is 0.487 e. The van der Waals surface area contributed by atoms with Gasteiger partial charge >= 0.3 is 0 Å². The van der Waals surface area contributed by atoms with Crippen LogP contribution in [-0.4, -0.2) is 59.1 Å². The van der Waals surface area contributed by atoms with Crippen molar-refractivity contribution in [1.29, 1.82) is 0 Å². The van der Waals surface area contributed by atoms with Crippen molar-refractivity contribution < 1.29 is 4.74 Å². The molecule has 2 saturated heterocycles. The van der Waals surface area contributed by atoms with Gasteiger partial charge < -0.3 is 4.74 Å². The van der Waals surface area contributed by atoms with Crippen LogP contribution in [0.1, 0.15) is 37.8 Å². The van der Waals surface area contributed by atoms with Gasteiger partial charge in [-0.1, -0.05) is 12.1 Å². The zero-order valence-corrected chi connectivity index (χ0v) is 15.9. The maximum Gasteiger partial charge on any atom is 0.123 e. The zero-order valence-electron chi connectivity index (χ0n) is 15.1. The van der Waals surface area contributed by atoms with Crippen molar-refractivity contribution in [2.45, 2.75) is 51.3 Å². The number of thioether (sulfide) groups is 1. The van der Waals surface area contributed by atoms with Crippen molar-refractivity contribution in [3.63, 3.8) is 0 Å². The Bertz CT molecular complexity index is 575. The SMILES string of the molecule is CC1(C)Cc2cc(CN3CCN(C4CCSCC4)CC3)ccc2O1. The van der Waals surface area contributed by atoms with Crippen LogP contribution in [0, 0.1) is 0 Å². The Morgan fingerprint density at radius 3 is 2.62 bits per heavy atom. The van der Waals surface area contributed by atoms with E-state index in [0.29, 0.717) is 0 Å². The smallest absolute Gasteiger partial charge is 0.123 e. The van der Waals surface area contributed by atoms with E-state index in [2.05, 4.69) is 53.6 Å². The van der Waals surface area contributed by atoms with E-state index in [0.717, 1.165) is 24.8 Å². The number of ether oxygens (including phenoxy) is 1. The molecule has 1 aromatic carbocycles. The molecule has 24 heavy (non-hydrogen) atoms. The summed E-state index contributed by atoms with van der Waals surface area (Å²) in [7, 11) is 0. The first-order valence-corrected chi connectivity index (χ1v) is 10.6. The van der Waals surface area contributed by atoms with Gasteiger partial charge in [0, 0.05) is 45.2 Å². The van der Waals surface area contributed by atoms with Crippen molar-refractivity contribution in [1.82, 2.24) is 9.80 Å². The molecule has 0 unspecified atom stereocenters. The molecule has 0 amide bonds. The maximum absolute atomic E-state index is 6.00. The van der Waals surface area contributed by atoms with Gasteiger partial charge in [-0.25, -0.2) is 0 Å². The molecule has 4 rings (SSSR count). The molecule has 0 atom stereocenters. The lowest BCUT2D eigenvalue weighted by molar-refractivity contribution is 0.0879. The summed E-state index contributed by atoms with van der Waals surface area (Å²) >= 11 is 2.13. The zero-order chi connectivity index (χ0) is 16.6. The second kappa shape index (κ2) is 6.89. The number of fused-ring (bicyclic) bond motifs is 1. The lowest BCUT2D eigenvalue weighted by Crippen LogP contribution is -2.50. The molecule has 3 nitrogen and oxygen atoms in total. The summed E-state index contributed by atoms with van der Waals surface area (Å²) in [5.41, 5.74) is 2.79. The molecular formula is C20H30N2OS. The van der Waals surface area contributed by atoms with Crippen LogP contribution in [0.15, 0.2) is 18.2 Å². The number of piperazine rings is 1. The van der Waals surface area contributed by atoms with E-state index >= 15 is 0 Å². The van der Waals surface area contributed by atoms with Crippen molar-refractivity contribution in [2.24, 2.45) is 0 Å². The molecular weight excluding hydrogens is 316 g/mol. The van der Waals surface area contributed by atoms with Crippen LogP contribution in [0.5, 0.6) is 5.75 Å². The molecule has 0 radical (unpaired) electrons. The predicted octanol–water partition coefficient (Wildman–Crippen LogP) is 3.41. The minimum atomic E-state index is -0.0368. The van der Waals surface area contributed by atoms with E-state index in [-0.39, 0.29) is 5.60 Å². The fraction of sp³-hybridized carbons (Fsp3) is 0.700. The molecule has 4 heteroatoms. The molecule has 0 aliphatic carbocycles. The predicted molar refractivity (Wildman–Crippen MR) is 102 cm³/mol. The van der Waals surface area contributed by atoms with Gasteiger partial charge in [0.25, 0.3) is 0 Å². The van der Waals surface area contributed by atoms with Crippen LogP contribution < -0.4 is 4.74 Å². The third-order valence-electron chi connectivity index (χ3n) is 5.65. The Balaban J connectivity index is 1.31. The Morgan fingerprint density at radius 2 is 1.88 bits per heavy atom. The third-order valence-corrected chi connectivity index (χ3v) is 6.70. The number of rotatable bonds is 3. The fourth-order valence-electron chi connectivity index (χ4n) is 4.36. The Kier molecular flexibility index (Phi) is 4.81. The Labute approximate surface area is 150 Å². The molecule has 2 fully saturated rings. The summed E-state index contributed by atoms with van der Waals surface area (Å²) in [5, 5.41) is 0. The molecule has 1 aromatic rings. The topological polar surface area (TPSA) is 15.7 Å². The summed E-state index contributed by atoms with van der Waals surface area (Å²) in [6.45, 7) is 10.4. The third kappa shape index (κ3) is 3.76. The standard InChI is InChI=1S/C20H30N2OS/c1-20(2)14-17-13-16(3-4-19(17)23-20)15-21-7-9-22(10-8-21)18-5-11-24-12-6-18/h3-4,13,18H,5-12,14-15H2,1-2H3. The van der Waals surface area contributed by atoms with Crippen LogP contribution in [-0.2, 0) is 13.0 Å². The number of nitrogens with zero attached hydrogens (tertiary/aromatic N) is 2. The summed E-state index contributed by atoms with van der Waals surface area (Å²) in [6, 6.07) is 7.66. The minimum absolute atomic E-state index is 0.0368. The summed E-state index contributed by atoms with van der Waals surface area (Å²) in [5.74, 6) is 3.81. The fourth-order valence-corrected chi connectivity index (χ4v) is 5.44. The molecule has 3 heterocycles. The van der Waals surface area contributed by atoms with Gasteiger partial charge in [0.2, 0.25) is 0 Å². The number of hydrogen-bond acceptors (Lipinski definition) is 4. The number of hydrogen-bond donors (Lipinski definition) is 0. The minimum Gasteiger partial charge on any atom is -0.487 e. The van der Waals surface area contributed by atoms with Crippen LogP contribution in [0.3, 0.4) is 0 Å². The molecule has 0 aromatic heterocycles. The highest BCUT2D eigenvalue weighted by molar-refractivity contribution is 7.99. The van der Waals surface area contributed by atoms with Gasteiger partial charge in [0.15, 0.2) is 0 Å².